The van der Waals surface area contributed by atoms with Crippen molar-refractivity contribution in [1.29, 1.82) is 0 Å². The van der Waals surface area contributed by atoms with Crippen molar-refractivity contribution in [1.82, 2.24) is 4.57 Å². The van der Waals surface area contributed by atoms with E-state index in [1.165, 1.54) is 12.1 Å². The smallest absolute Gasteiger partial charge is 0.340 e. The number of nitro benzene ring substituents is 1. The SMILES string of the molecule is CCOC(=O)c1c(C)n(-c2ccc(C)cc2)c2c(C)cc(NS(=O)(=O)c3ccc([N+](=O)[O-])cc3)cc12. The van der Waals surface area contributed by atoms with E-state index in [-0.39, 0.29) is 22.9 Å². The monoisotopic (exact) mass is 507 g/mol. The number of aromatic nitrogens is 1. The van der Waals surface area contributed by atoms with E-state index in [0.29, 0.717) is 16.6 Å². The summed E-state index contributed by atoms with van der Waals surface area (Å²) in [5, 5.41) is 11.4. The summed E-state index contributed by atoms with van der Waals surface area (Å²) >= 11 is 0. The molecule has 0 bridgehead atoms. The van der Waals surface area contributed by atoms with E-state index in [2.05, 4.69) is 4.72 Å². The number of carbonyl (C=O) groups excluding carboxylic acids is 1. The molecule has 0 atom stereocenters. The number of nitro groups is 1. The average Bonchev–Trinajstić information content (AvgIpc) is 3.11. The van der Waals surface area contributed by atoms with E-state index in [1.54, 1.807) is 19.1 Å². The van der Waals surface area contributed by atoms with Crippen molar-refractivity contribution in [2.75, 3.05) is 11.3 Å². The van der Waals surface area contributed by atoms with Crippen molar-refractivity contribution in [3.63, 3.8) is 0 Å². The summed E-state index contributed by atoms with van der Waals surface area (Å²) in [4.78, 5) is 23.1. The van der Waals surface area contributed by atoms with Gasteiger partial charge in [-0.05, 0) is 69.7 Å². The number of anilines is 1. The van der Waals surface area contributed by atoms with Crippen LogP contribution in [0.5, 0.6) is 0 Å². The normalized spacial score (nSPS) is 11.4. The Morgan fingerprint density at radius 1 is 1.03 bits per heavy atom. The highest BCUT2D eigenvalue weighted by molar-refractivity contribution is 7.92. The fourth-order valence-electron chi connectivity index (χ4n) is 4.24. The number of ether oxygens (including phenoxy) is 1. The molecular formula is C26H25N3O6S. The maximum Gasteiger partial charge on any atom is 0.340 e. The molecule has 0 saturated heterocycles. The predicted molar refractivity (Wildman–Crippen MR) is 137 cm³/mol. The third-order valence-corrected chi connectivity index (χ3v) is 7.27. The van der Waals surface area contributed by atoms with E-state index in [0.717, 1.165) is 34.5 Å². The minimum absolute atomic E-state index is 0.120. The lowest BCUT2D eigenvalue weighted by molar-refractivity contribution is -0.384. The van der Waals surface area contributed by atoms with E-state index < -0.39 is 20.9 Å². The maximum absolute atomic E-state index is 13.0. The summed E-state index contributed by atoms with van der Waals surface area (Å²) in [7, 11) is -4.04. The number of benzene rings is 3. The van der Waals surface area contributed by atoms with Crippen molar-refractivity contribution in [3.8, 4) is 5.69 Å². The predicted octanol–water partition coefficient (Wildman–Crippen LogP) is 5.44. The largest absolute Gasteiger partial charge is 0.462 e. The van der Waals surface area contributed by atoms with Gasteiger partial charge in [0.2, 0.25) is 0 Å². The number of fused-ring (bicyclic) bond motifs is 1. The third kappa shape index (κ3) is 4.55. The second kappa shape index (κ2) is 9.46. The zero-order chi connectivity index (χ0) is 26.2. The molecule has 4 rings (SSSR count). The van der Waals surface area contributed by atoms with Crippen molar-refractivity contribution in [3.05, 3.63) is 93.2 Å². The topological polar surface area (TPSA) is 121 Å². The number of carbonyl (C=O) groups is 1. The summed E-state index contributed by atoms with van der Waals surface area (Å²) in [6.45, 7) is 7.57. The van der Waals surface area contributed by atoms with Gasteiger partial charge in [0.1, 0.15) is 0 Å². The number of hydrogen-bond acceptors (Lipinski definition) is 6. The molecule has 10 heteroatoms. The lowest BCUT2D eigenvalue weighted by Gasteiger charge is -2.13. The summed E-state index contributed by atoms with van der Waals surface area (Å²) in [5.74, 6) is -0.499. The molecular weight excluding hydrogens is 482 g/mol. The van der Waals surface area contributed by atoms with Crippen molar-refractivity contribution >= 4 is 38.3 Å². The van der Waals surface area contributed by atoms with Gasteiger partial charge < -0.3 is 9.30 Å². The fraction of sp³-hybridized carbons (Fsp3) is 0.192. The Bertz CT molecular complexity index is 1590. The van der Waals surface area contributed by atoms with E-state index >= 15 is 0 Å². The molecule has 9 nitrogen and oxygen atoms in total. The van der Waals surface area contributed by atoms with Crippen LogP contribution in [0, 0.1) is 30.9 Å². The molecule has 4 aromatic rings. The number of nitrogens with one attached hydrogen (secondary N) is 1. The van der Waals surface area contributed by atoms with Crippen molar-refractivity contribution in [2.45, 2.75) is 32.6 Å². The molecule has 0 amide bonds. The highest BCUT2D eigenvalue weighted by Crippen LogP contribution is 2.35. The van der Waals surface area contributed by atoms with Gasteiger partial charge in [-0.15, -0.1) is 0 Å². The summed E-state index contributed by atoms with van der Waals surface area (Å²) < 4.78 is 35.8. The first-order valence-electron chi connectivity index (χ1n) is 11.2. The van der Waals surface area contributed by atoms with Crippen LogP contribution in [0.25, 0.3) is 16.6 Å². The standard InChI is InChI=1S/C26H25N3O6S/c1-5-35-26(30)24-18(4)28(20-8-6-16(2)7-9-20)25-17(3)14-19(15-23(24)25)27-36(33,34)22-12-10-21(11-13-22)29(31)32/h6-15,27H,5H2,1-4H3. The van der Waals surface area contributed by atoms with Gasteiger partial charge in [0.15, 0.2) is 0 Å². The molecule has 0 spiro atoms. The molecule has 0 aliphatic heterocycles. The van der Waals surface area contributed by atoms with Crippen LogP contribution in [0.15, 0.2) is 65.6 Å². The van der Waals surface area contributed by atoms with Gasteiger partial charge in [0, 0.05) is 34.6 Å². The first-order valence-corrected chi connectivity index (χ1v) is 12.7. The van der Waals surface area contributed by atoms with Gasteiger partial charge in [-0.1, -0.05) is 17.7 Å². The van der Waals surface area contributed by atoms with Crippen molar-refractivity contribution in [2.24, 2.45) is 0 Å². The Morgan fingerprint density at radius 2 is 1.67 bits per heavy atom. The second-order valence-electron chi connectivity index (χ2n) is 8.40. The second-order valence-corrected chi connectivity index (χ2v) is 10.1. The molecule has 1 heterocycles. The van der Waals surface area contributed by atoms with E-state index in [1.807, 2.05) is 49.6 Å². The lowest BCUT2D eigenvalue weighted by atomic mass is 10.1. The maximum atomic E-state index is 13.0. The van der Waals surface area contributed by atoms with Crippen LogP contribution < -0.4 is 4.72 Å². The molecule has 36 heavy (non-hydrogen) atoms. The van der Waals surface area contributed by atoms with Gasteiger partial charge in [-0.25, -0.2) is 13.2 Å². The Balaban J connectivity index is 1.87. The Morgan fingerprint density at radius 3 is 2.25 bits per heavy atom. The minimum Gasteiger partial charge on any atom is -0.462 e. The number of non-ortho nitro benzene ring substituents is 1. The van der Waals surface area contributed by atoms with Gasteiger partial charge in [-0.3, -0.25) is 14.8 Å². The fourth-order valence-corrected chi connectivity index (χ4v) is 5.28. The number of sulfonamides is 1. The Labute approximate surface area is 208 Å². The molecule has 0 unspecified atom stereocenters. The Kier molecular flexibility index (Phi) is 6.55. The van der Waals surface area contributed by atoms with Crippen LogP contribution in [0.3, 0.4) is 0 Å². The zero-order valence-electron chi connectivity index (χ0n) is 20.2. The summed E-state index contributed by atoms with van der Waals surface area (Å²) in [6, 6.07) is 15.8. The first kappa shape index (κ1) is 24.9. The molecule has 0 saturated carbocycles. The molecule has 186 valence electrons. The Hall–Kier alpha value is -4.18. The molecule has 1 N–H and O–H groups in total. The molecule has 3 aromatic carbocycles. The molecule has 0 aliphatic carbocycles. The molecule has 1 aromatic heterocycles. The first-order chi connectivity index (χ1) is 17.0. The lowest BCUT2D eigenvalue weighted by Crippen LogP contribution is -2.13. The van der Waals surface area contributed by atoms with Crippen LogP contribution >= 0.6 is 0 Å². The van der Waals surface area contributed by atoms with E-state index in [4.69, 9.17) is 4.74 Å². The average molecular weight is 508 g/mol. The zero-order valence-corrected chi connectivity index (χ0v) is 21.0. The third-order valence-electron chi connectivity index (χ3n) is 5.87. The molecule has 0 aliphatic rings. The van der Waals surface area contributed by atoms with Crippen LogP contribution in [-0.4, -0.2) is 30.5 Å². The van der Waals surface area contributed by atoms with Gasteiger partial charge >= 0.3 is 5.97 Å². The highest BCUT2D eigenvalue weighted by atomic mass is 32.2. The van der Waals surface area contributed by atoms with Gasteiger partial charge in [0.05, 0.1) is 27.5 Å². The number of aryl methyl sites for hydroxylation is 2. The summed E-state index contributed by atoms with van der Waals surface area (Å²) in [5.41, 5.74) is 4.53. The van der Waals surface area contributed by atoms with Crippen LogP contribution in [0.4, 0.5) is 11.4 Å². The minimum atomic E-state index is -4.04. The quantitative estimate of drug-likeness (QED) is 0.202. The van der Waals surface area contributed by atoms with Crippen molar-refractivity contribution < 1.29 is 22.9 Å². The van der Waals surface area contributed by atoms with E-state index in [9.17, 15) is 23.3 Å². The number of nitrogens with zero attached hydrogens (tertiary/aromatic N) is 2. The number of rotatable bonds is 7. The van der Waals surface area contributed by atoms with Crippen LogP contribution in [-0.2, 0) is 14.8 Å². The number of hydrogen-bond donors (Lipinski definition) is 1. The van der Waals surface area contributed by atoms with Crippen LogP contribution in [0.1, 0.15) is 34.1 Å². The van der Waals surface area contributed by atoms with Gasteiger partial charge in [-0.2, -0.15) is 0 Å². The van der Waals surface area contributed by atoms with Gasteiger partial charge in [0.25, 0.3) is 15.7 Å². The summed E-state index contributed by atoms with van der Waals surface area (Å²) in [6.07, 6.45) is 0. The highest BCUT2D eigenvalue weighted by Gasteiger charge is 2.25. The molecule has 0 radical (unpaired) electrons. The molecule has 0 fully saturated rings. The number of esters is 1. The van der Waals surface area contributed by atoms with Crippen LogP contribution in [0.2, 0.25) is 0 Å².